The van der Waals surface area contributed by atoms with E-state index < -0.39 is 18.8 Å². The van der Waals surface area contributed by atoms with Crippen LogP contribution in [0.3, 0.4) is 0 Å². The summed E-state index contributed by atoms with van der Waals surface area (Å²) in [6, 6.07) is 9.44. The van der Waals surface area contributed by atoms with Crippen LogP contribution in [0.5, 0.6) is 0 Å². The Kier molecular flexibility index (Phi) is 5.48. The number of halogens is 3. The number of fused-ring (bicyclic) bond motifs is 1. The van der Waals surface area contributed by atoms with Crippen molar-refractivity contribution in [3.05, 3.63) is 54.4 Å². The lowest BCUT2D eigenvalue weighted by molar-refractivity contribution is -0.122. The number of amides is 2. The van der Waals surface area contributed by atoms with Crippen molar-refractivity contribution in [3.8, 4) is 11.3 Å². The van der Waals surface area contributed by atoms with Crippen molar-refractivity contribution in [2.45, 2.75) is 6.18 Å². The number of benzene rings is 1. The SMILES string of the molecule is CON=Cc1ccn2c(-c3cccc(NC(=O)NCC(F)(F)F)c3)cnc2c1. The van der Waals surface area contributed by atoms with E-state index in [0.29, 0.717) is 11.3 Å². The van der Waals surface area contributed by atoms with Crippen molar-refractivity contribution in [3.63, 3.8) is 0 Å². The van der Waals surface area contributed by atoms with Crippen LogP contribution in [-0.4, -0.2) is 41.5 Å². The molecule has 0 spiro atoms. The highest BCUT2D eigenvalue weighted by atomic mass is 19.4. The first-order valence-electron chi connectivity index (χ1n) is 8.11. The van der Waals surface area contributed by atoms with Gasteiger partial charge in [0.25, 0.3) is 0 Å². The quantitative estimate of drug-likeness (QED) is 0.515. The average molecular weight is 391 g/mol. The van der Waals surface area contributed by atoms with Crippen molar-refractivity contribution in [1.82, 2.24) is 14.7 Å². The number of oxime groups is 1. The molecular weight excluding hydrogens is 375 g/mol. The maximum atomic E-state index is 12.2. The summed E-state index contributed by atoms with van der Waals surface area (Å²) in [6.07, 6.45) is 0.557. The maximum Gasteiger partial charge on any atom is 0.405 e. The molecule has 0 saturated carbocycles. The molecule has 146 valence electrons. The van der Waals surface area contributed by atoms with Crippen molar-refractivity contribution in [2.75, 3.05) is 19.0 Å². The number of pyridine rings is 1. The van der Waals surface area contributed by atoms with Gasteiger partial charge in [0.1, 0.15) is 19.3 Å². The number of hydrogen-bond acceptors (Lipinski definition) is 4. The van der Waals surface area contributed by atoms with Crippen molar-refractivity contribution < 1.29 is 22.8 Å². The Labute approximate surface area is 157 Å². The molecule has 10 heteroatoms. The molecule has 3 rings (SSSR count). The molecule has 0 fully saturated rings. The molecule has 7 nitrogen and oxygen atoms in total. The van der Waals surface area contributed by atoms with Gasteiger partial charge in [0.05, 0.1) is 18.1 Å². The summed E-state index contributed by atoms with van der Waals surface area (Å²) in [7, 11) is 1.45. The predicted molar refractivity (Wildman–Crippen MR) is 98.3 cm³/mol. The van der Waals surface area contributed by atoms with Crippen molar-refractivity contribution in [2.24, 2.45) is 5.16 Å². The van der Waals surface area contributed by atoms with E-state index in [1.54, 1.807) is 35.9 Å². The number of nitrogens with zero attached hydrogens (tertiary/aromatic N) is 3. The van der Waals surface area contributed by atoms with Crippen LogP contribution >= 0.6 is 0 Å². The Morgan fingerprint density at radius 3 is 2.89 bits per heavy atom. The van der Waals surface area contributed by atoms with Crippen LogP contribution in [0, 0.1) is 0 Å². The summed E-state index contributed by atoms with van der Waals surface area (Å²) in [6.45, 7) is -1.40. The van der Waals surface area contributed by atoms with Crippen LogP contribution in [0.15, 0.2) is 53.9 Å². The zero-order valence-electron chi connectivity index (χ0n) is 14.7. The molecule has 0 aliphatic rings. The third kappa shape index (κ3) is 4.78. The van der Waals surface area contributed by atoms with Crippen LogP contribution in [0.1, 0.15) is 5.56 Å². The van der Waals surface area contributed by atoms with E-state index >= 15 is 0 Å². The van der Waals surface area contributed by atoms with Gasteiger partial charge in [0, 0.05) is 23.0 Å². The maximum absolute atomic E-state index is 12.2. The number of nitrogens with one attached hydrogen (secondary N) is 2. The van der Waals surface area contributed by atoms with Gasteiger partial charge >= 0.3 is 12.2 Å². The summed E-state index contributed by atoms with van der Waals surface area (Å²) in [5.74, 6) is 0. The summed E-state index contributed by atoms with van der Waals surface area (Å²) in [4.78, 5) is 20.6. The van der Waals surface area contributed by atoms with Gasteiger partial charge in [-0.25, -0.2) is 9.78 Å². The summed E-state index contributed by atoms with van der Waals surface area (Å²) < 4.78 is 38.4. The van der Waals surface area contributed by atoms with Gasteiger partial charge in [0.2, 0.25) is 0 Å². The number of alkyl halides is 3. The van der Waals surface area contributed by atoms with Crippen LogP contribution in [0.2, 0.25) is 0 Å². The Morgan fingerprint density at radius 1 is 1.32 bits per heavy atom. The second kappa shape index (κ2) is 7.99. The highest BCUT2D eigenvalue weighted by molar-refractivity contribution is 5.90. The standard InChI is InChI=1S/C18H16F3N5O2/c1-28-24-9-12-5-6-26-15(10-22-16(26)7-12)13-3-2-4-14(8-13)25-17(27)23-11-18(19,20)21/h2-10H,11H2,1H3,(H2,23,25,27). The highest BCUT2D eigenvalue weighted by Crippen LogP contribution is 2.24. The third-order valence-electron chi connectivity index (χ3n) is 3.71. The van der Waals surface area contributed by atoms with E-state index in [0.717, 1.165) is 16.8 Å². The number of carbonyl (C=O) groups excluding carboxylic acids is 1. The monoisotopic (exact) mass is 391 g/mol. The van der Waals surface area contributed by atoms with Gasteiger partial charge < -0.3 is 15.5 Å². The molecule has 0 radical (unpaired) electrons. The zero-order valence-corrected chi connectivity index (χ0v) is 14.7. The first-order valence-corrected chi connectivity index (χ1v) is 8.11. The van der Waals surface area contributed by atoms with E-state index in [9.17, 15) is 18.0 Å². The van der Waals surface area contributed by atoms with E-state index in [4.69, 9.17) is 0 Å². The Hall–Kier alpha value is -3.56. The lowest BCUT2D eigenvalue weighted by atomic mass is 10.1. The fourth-order valence-electron chi connectivity index (χ4n) is 2.52. The fraction of sp³-hybridized carbons (Fsp3) is 0.167. The van der Waals surface area contributed by atoms with Crippen LogP contribution < -0.4 is 10.6 Å². The van der Waals surface area contributed by atoms with Gasteiger partial charge in [-0.3, -0.25) is 4.40 Å². The first kappa shape index (κ1) is 19.2. The summed E-state index contributed by atoms with van der Waals surface area (Å²) in [5, 5.41) is 7.85. The molecule has 2 N–H and O–H groups in total. The summed E-state index contributed by atoms with van der Waals surface area (Å²) >= 11 is 0. The van der Waals surface area contributed by atoms with E-state index in [-0.39, 0.29) is 0 Å². The molecular formula is C18H16F3N5O2. The molecule has 0 bridgehead atoms. The average Bonchev–Trinajstić information content (AvgIpc) is 3.07. The number of anilines is 1. The lowest BCUT2D eigenvalue weighted by Gasteiger charge is -2.10. The number of carbonyl (C=O) groups is 1. The predicted octanol–water partition coefficient (Wildman–Crippen LogP) is 3.67. The number of aromatic nitrogens is 2. The van der Waals surface area contributed by atoms with E-state index in [1.165, 1.54) is 7.11 Å². The van der Waals surface area contributed by atoms with Gasteiger partial charge in [-0.05, 0) is 24.3 Å². The minimum absolute atomic E-state index is 0.357. The van der Waals surface area contributed by atoms with Gasteiger partial charge in [-0.1, -0.05) is 17.3 Å². The summed E-state index contributed by atoms with van der Waals surface area (Å²) in [5.41, 5.74) is 3.33. The normalized spacial score (nSPS) is 11.7. The molecule has 1 aromatic carbocycles. The first-order chi connectivity index (χ1) is 13.4. The second-order valence-electron chi connectivity index (χ2n) is 5.75. The van der Waals surface area contributed by atoms with Gasteiger partial charge in [-0.15, -0.1) is 0 Å². The topological polar surface area (TPSA) is 80.0 Å². The molecule has 0 atom stereocenters. The van der Waals surface area contributed by atoms with Crippen LogP contribution in [-0.2, 0) is 4.84 Å². The lowest BCUT2D eigenvalue weighted by Crippen LogP contribution is -2.36. The minimum atomic E-state index is -4.47. The molecule has 2 heterocycles. The third-order valence-corrected chi connectivity index (χ3v) is 3.71. The number of imidazole rings is 1. The van der Waals surface area contributed by atoms with Crippen LogP contribution in [0.4, 0.5) is 23.7 Å². The Balaban J connectivity index is 1.80. The molecule has 0 aliphatic heterocycles. The molecule has 2 aromatic heterocycles. The number of rotatable bonds is 5. The molecule has 28 heavy (non-hydrogen) atoms. The smallest absolute Gasteiger partial charge is 0.399 e. The Bertz CT molecular complexity index is 1010. The molecule has 0 saturated heterocycles. The second-order valence-corrected chi connectivity index (χ2v) is 5.75. The fourth-order valence-corrected chi connectivity index (χ4v) is 2.52. The molecule has 2 amide bonds. The zero-order chi connectivity index (χ0) is 20.1. The number of urea groups is 1. The van der Waals surface area contributed by atoms with E-state index in [1.807, 2.05) is 28.8 Å². The molecule has 3 aromatic rings. The highest BCUT2D eigenvalue weighted by Gasteiger charge is 2.27. The Morgan fingerprint density at radius 2 is 2.14 bits per heavy atom. The van der Waals surface area contributed by atoms with Crippen molar-refractivity contribution >= 4 is 23.6 Å². The van der Waals surface area contributed by atoms with Gasteiger partial charge in [-0.2, -0.15) is 13.2 Å². The minimum Gasteiger partial charge on any atom is -0.399 e. The molecule has 0 unspecified atom stereocenters. The largest absolute Gasteiger partial charge is 0.405 e. The molecule has 0 aliphatic carbocycles. The van der Waals surface area contributed by atoms with E-state index in [2.05, 4.69) is 20.3 Å². The van der Waals surface area contributed by atoms with Crippen LogP contribution in [0.25, 0.3) is 16.9 Å². The van der Waals surface area contributed by atoms with Gasteiger partial charge in [0.15, 0.2) is 0 Å². The number of hydrogen-bond donors (Lipinski definition) is 2. The van der Waals surface area contributed by atoms with Crippen molar-refractivity contribution in [1.29, 1.82) is 0 Å².